The van der Waals surface area contributed by atoms with Gasteiger partial charge in [-0.15, -0.1) is 0 Å². The van der Waals surface area contributed by atoms with E-state index >= 15 is 0 Å². The van der Waals surface area contributed by atoms with Gasteiger partial charge in [0, 0.05) is 28.3 Å². The highest BCUT2D eigenvalue weighted by Gasteiger charge is 2.10. The molecule has 0 amide bonds. The number of nitrogens with one attached hydrogen (secondary N) is 1. The van der Waals surface area contributed by atoms with Crippen LogP contribution in [0.3, 0.4) is 0 Å². The van der Waals surface area contributed by atoms with Crippen LogP contribution < -0.4 is 10.1 Å². The average molecular weight is 364 g/mol. The third-order valence-electron chi connectivity index (χ3n) is 2.64. The zero-order chi connectivity index (χ0) is 15.4. The van der Waals surface area contributed by atoms with Gasteiger partial charge in [0.15, 0.2) is 11.6 Å². The second-order valence-corrected chi connectivity index (χ2v) is 5.03. The van der Waals surface area contributed by atoms with Crippen LogP contribution in [0.4, 0.5) is 23.2 Å². The summed E-state index contributed by atoms with van der Waals surface area (Å²) in [6.45, 7) is -2.82. The van der Waals surface area contributed by atoms with Gasteiger partial charge in [0.05, 0.1) is 0 Å². The SMILES string of the molecule is Fc1ccc(NCc2cc(Br)ccc2OC(F)F)cc1F. The Bertz CT molecular complexity index is 636. The van der Waals surface area contributed by atoms with Gasteiger partial charge in [0.1, 0.15) is 5.75 Å². The smallest absolute Gasteiger partial charge is 0.387 e. The predicted molar refractivity (Wildman–Crippen MR) is 74.5 cm³/mol. The van der Waals surface area contributed by atoms with Crippen LogP contribution in [-0.2, 0) is 6.54 Å². The maximum absolute atomic E-state index is 13.1. The Balaban J connectivity index is 2.14. The van der Waals surface area contributed by atoms with Gasteiger partial charge in [-0.05, 0) is 30.3 Å². The summed E-state index contributed by atoms with van der Waals surface area (Å²) in [5, 5.41) is 2.82. The fourth-order valence-electron chi connectivity index (χ4n) is 1.70. The molecule has 2 aromatic carbocycles. The quantitative estimate of drug-likeness (QED) is 0.759. The molecule has 0 heterocycles. The van der Waals surface area contributed by atoms with Crippen molar-refractivity contribution < 1.29 is 22.3 Å². The van der Waals surface area contributed by atoms with E-state index in [0.29, 0.717) is 15.7 Å². The standard InChI is InChI=1S/C14H10BrF4NO/c15-9-1-4-13(21-14(18)19)8(5-9)7-20-10-2-3-11(16)12(17)6-10/h1-6,14,20H,7H2. The van der Waals surface area contributed by atoms with Crippen LogP contribution in [0.5, 0.6) is 5.75 Å². The van der Waals surface area contributed by atoms with Crippen molar-refractivity contribution in [1.82, 2.24) is 0 Å². The van der Waals surface area contributed by atoms with Gasteiger partial charge in [-0.25, -0.2) is 8.78 Å². The molecule has 0 saturated heterocycles. The zero-order valence-corrected chi connectivity index (χ0v) is 12.1. The first-order chi connectivity index (χ1) is 9.95. The van der Waals surface area contributed by atoms with Gasteiger partial charge in [-0.2, -0.15) is 8.78 Å². The second kappa shape index (κ2) is 6.80. The van der Waals surface area contributed by atoms with Gasteiger partial charge >= 0.3 is 6.61 Å². The summed E-state index contributed by atoms with van der Waals surface area (Å²) < 4.78 is 55.6. The van der Waals surface area contributed by atoms with Crippen LogP contribution in [0.15, 0.2) is 40.9 Å². The first-order valence-corrected chi connectivity index (χ1v) is 6.67. The molecule has 0 aliphatic rings. The lowest BCUT2D eigenvalue weighted by Gasteiger charge is -2.13. The number of anilines is 1. The monoisotopic (exact) mass is 363 g/mol. The Labute approximate surface area is 126 Å². The minimum atomic E-state index is -2.94. The number of alkyl halides is 2. The average Bonchev–Trinajstić information content (AvgIpc) is 2.42. The molecule has 1 N–H and O–H groups in total. The van der Waals surface area contributed by atoms with Crippen molar-refractivity contribution in [3.63, 3.8) is 0 Å². The van der Waals surface area contributed by atoms with Crippen LogP contribution in [0.2, 0.25) is 0 Å². The fraction of sp³-hybridized carbons (Fsp3) is 0.143. The molecule has 0 aliphatic heterocycles. The molecule has 2 nitrogen and oxygen atoms in total. The maximum Gasteiger partial charge on any atom is 0.387 e. The molecule has 0 radical (unpaired) electrons. The van der Waals surface area contributed by atoms with E-state index in [4.69, 9.17) is 0 Å². The molecule has 0 aliphatic carbocycles. The summed E-state index contributed by atoms with van der Waals surface area (Å²) in [5.74, 6) is -1.92. The molecule has 0 atom stereocenters. The molecular weight excluding hydrogens is 354 g/mol. The Morgan fingerprint density at radius 1 is 1.05 bits per heavy atom. The second-order valence-electron chi connectivity index (χ2n) is 4.11. The summed E-state index contributed by atoms with van der Waals surface area (Å²) in [4.78, 5) is 0. The lowest BCUT2D eigenvalue weighted by atomic mass is 10.2. The highest BCUT2D eigenvalue weighted by atomic mass is 79.9. The van der Waals surface area contributed by atoms with E-state index in [2.05, 4.69) is 26.0 Å². The maximum atomic E-state index is 13.1. The highest BCUT2D eigenvalue weighted by molar-refractivity contribution is 9.10. The van der Waals surface area contributed by atoms with Crippen molar-refractivity contribution in [2.75, 3.05) is 5.32 Å². The zero-order valence-electron chi connectivity index (χ0n) is 10.5. The van der Waals surface area contributed by atoms with Gasteiger partial charge in [-0.3, -0.25) is 0 Å². The molecule has 0 unspecified atom stereocenters. The summed E-state index contributed by atoms with van der Waals surface area (Å²) >= 11 is 3.23. The van der Waals surface area contributed by atoms with Crippen LogP contribution in [-0.4, -0.2) is 6.61 Å². The predicted octanol–water partition coefficient (Wildman–Crippen LogP) is 4.94. The molecule has 112 valence electrons. The van der Waals surface area contributed by atoms with Crippen molar-refractivity contribution in [2.45, 2.75) is 13.2 Å². The van der Waals surface area contributed by atoms with Gasteiger partial charge in [0.2, 0.25) is 0 Å². The van der Waals surface area contributed by atoms with Crippen LogP contribution in [0.25, 0.3) is 0 Å². The van der Waals surface area contributed by atoms with Crippen molar-refractivity contribution in [1.29, 1.82) is 0 Å². The van der Waals surface area contributed by atoms with E-state index in [0.717, 1.165) is 12.1 Å². The molecule has 21 heavy (non-hydrogen) atoms. The Morgan fingerprint density at radius 3 is 2.48 bits per heavy atom. The van der Waals surface area contributed by atoms with E-state index in [1.807, 2.05) is 0 Å². The summed E-state index contributed by atoms with van der Waals surface area (Å²) in [6.07, 6.45) is 0. The van der Waals surface area contributed by atoms with Crippen LogP contribution in [0, 0.1) is 11.6 Å². The lowest BCUT2D eigenvalue weighted by molar-refractivity contribution is -0.0504. The largest absolute Gasteiger partial charge is 0.434 e. The molecule has 2 rings (SSSR count). The van der Waals surface area contributed by atoms with Crippen LogP contribution >= 0.6 is 15.9 Å². The molecule has 0 bridgehead atoms. The number of benzene rings is 2. The van der Waals surface area contributed by atoms with E-state index in [1.165, 1.54) is 12.1 Å². The Morgan fingerprint density at radius 2 is 1.81 bits per heavy atom. The minimum absolute atomic E-state index is 0.0169. The van der Waals surface area contributed by atoms with Gasteiger partial charge in [0.25, 0.3) is 0 Å². The number of halogens is 5. The first kappa shape index (κ1) is 15.6. The van der Waals surface area contributed by atoms with E-state index in [1.54, 1.807) is 12.1 Å². The highest BCUT2D eigenvalue weighted by Crippen LogP contribution is 2.26. The first-order valence-electron chi connectivity index (χ1n) is 5.88. The topological polar surface area (TPSA) is 21.3 Å². The molecule has 2 aromatic rings. The molecule has 0 spiro atoms. The van der Waals surface area contributed by atoms with E-state index < -0.39 is 18.2 Å². The molecule has 0 aromatic heterocycles. The Hall–Kier alpha value is -1.76. The van der Waals surface area contributed by atoms with Gasteiger partial charge < -0.3 is 10.1 Å². The molecule has 0 fully saturated rings. The summed E-state index contributed by atoms with van der Waals surface area (Å²) in [6, 6.07) is 7.89. The van der Waals surface area contributed by atoms with Crippen molar-refractivity contribution in [2.24, 2.45) is 0 Å². The lowest BCUT2D eigenvalue weighted by Crippen LogP contribution is -2.07. The van der Waals surface area contributed by atoms with Crippen molar-refractivity contribution in [3.8, 4) is 5.75 Å². The summed E-state index contributed by atoms with van der Waals surface area (Å²) in [7, 11) is 0. The van der Waals surface area contributed by atoms with E-state index in [-0.39, 0.29) is 12.3 Å². The fourth-order valence-corrected chi connectivity index (χ4v) is 2.11. The third-order valence-corrected chi connectivity index (χ3v) is 3.13. The normalized spacial score (nSPS) is 10.8. The van der Waals surface area contributed by atoms with E-state index in [9.17, 15) is 17.6 Å². The summed E-state index contributed by atoms with van der Waals surface area (Å²) in [5.41, 5.74) is 0.784. The number of ether oxygens (including phenoxy) is 1. The number of hydrogen-bond acceptors (Lipinski definition) is 2. The van der Waals surface area contributed by atoms with Crippen LogP contribution in [0.1, 0.15) is 5.56 Å². The molecule has 0 saturated carbocycles. The van der Waals surface area contributed by atoms with Crippen molar-refractivity contribution >= 4 is 21.6 Å². The van der Waals surface area contributed by atoms with Crippen molar-refractivity contribution in [3.05, 3.63) is 58.1 Å². The third kappa shape index (κ3) is 4.35. The minimum Gasteiger partial charge on any atom is -0.434 e. The number of hydrogen-bond donors (Lipinski definition) is 1. The molecule has 7 heteroatoms. The Kier molecular flexibility index (Phi) is 5.06. The molecular formula is C14H10BrF4NO. The van der Waals surface area contributed by atoms with Gasteiger partial charge in [-0.1, -0.05) is 15.9 Å². The number of rotatable bonds is 5.